The van der Waals surface area contributed by atoms with Gasteiger partial charge in [-0.25, -0.2) is 0 Å². The van der Waals surface area contributed by atoms with Crippen molar-refractivity contribution in [3.8, 4) is 0 Å². The fourth-order valence-electron chi connectivity index (χ4n) is 2.04. The first-order chi connectivity index (χ1) is 9.08. The summed E-state index contributed by atoms with van der Waals surface area (Å²) in [5.74, 6) is 0. The number of nitrogens with zero attached hydrogens (tertiary/aromatic N) is 2. The predicted octanol–water partition coefficient (Wildman–Crippen LogP) is 2.33. The van der Waals surface area contributed by atoms with Gasteiger partial charge in [0.2, 0.25) is 0 Å². The predicted molar refractivity (Wildman–Crippen MR) is 77.3 cm³/mol. The zero-order valence-electron chi connectivity index (χ0n) is 12.0. The Kier molecular flexibility index (Phi) is 6.45. The van der Waals surface area contributed by atoms with Gasteiger partial charge in [-0.15, -0.1) is 0 Å². The molecule has 0 fully saturated rings. The second-order valence-corrected chi connectivity index (χ2v) is 4.58. The molecule has 5 nitrogen and oxygen atoms in total. The van der Waals surface area contributed by atoms with Gasteiger partial charge < -0.3 is 10.2 Å². The average Bonchev–Trinajstić information content (AvgIpc) is 2.38. The van der Waals surface area contributed by atoms with E-state index in [9.17, 15) is 10.1 Å². The molecule has 0 heterocycles. The van der Waals surface area contributed by atoms with Crippen LogP contribution in [0.5, 0.6) is 0 Å². The van der Waals surface area contributed by atoms with Gasteiger partial charge in [-0.2, -0.15) is 0 Å². The van der Waals surface area contributed by atoms with Crippen LogP contribution >= 0.6 is 0 Å². The monoisotopic (exact) mass is 265 g/mol. The van der Waals surface area contributed by atoms with Gasteiger partial charge in [0.05, 0.1) is 4.92 Å². The van der Waals surface area contributed by atoms with E-state index >= 15 is 0 Å². The van der Waals surface area contributed by atoms with Crippen molar-refractivity contribution in [2.24, 2.45) is 0 Å². The van der Waals surface area contributed by atoms with E-state index in [1.54, 1.807) is 13.0 Å². The molecule has 0 saturated carbocycles. The van der Waals surface area contributed by atoms with Crippen LogP contribution in [0.4, 0.5) is 5.69 Å². The summed E-state index contributed by atoms with van der Waals surface area (Å²) in [6.45, 7) is 10.9. The van der Waals surface area contributed by atoms with Crippen LogP contribution in [-0.2, 0) is 6.54 Å². The Balaban J connectivity index is 2.42. The Labute approximate surface area is 114 Å². The second kappa shape index (κ2) is 7.86. The van der Waals surface area contributed by atoms with Gasteiger partial charge in [-0.3, -0.25) is 10.1 Å². The van der Waals surface area contributed by atoms with Gasteiger partial charge in [0, 0.05) is 31.3 Å². The summed E-state index contributed by atoms with van der Waals surface area (Å²) in [5.41, 5.74) is 1.99. The lowest BCUT2D eigenvalue weighted by molar-refractivity contribution is -0.385. The summed E-state index contributed by atoms with van der Waals surface area (Å²) >= 11 is 0. The fraction of sp³-hybridized carbons (Fsp3) is 0.571. The molecule has 0 aliphatic carbocycles. The van der Waals surface area contributed by atoms with Gasteiger partial charge >= 0.3 is 0 Å². The highest BCUT2D eigenvalue weighted by atomic mass is 16.6. The van der Waals surface area contributed by atoms with Crippen LogP contribution < -0.4 is 5.32 Å². The average molecular weight is 265 g/mol. The van der Waals surface area contributed by atoms with Crippen molar-refractivity contribution in [2.75, 3.05) is 26.2 Å². The maximum Gasteiger partial charge on any atom is 0.272 e. The molecule has 106 valence electrons. The molecule has 0 aliphatic rings. The maximum absolute atomic E-state index is 10.7. The molecule has 0 aliphatic heterocycles. The van der Waals surface area contributed by atoms with Crippen LogP contribution in [0.2, 0.25) is 0 Å². The van der Waals surface area contributed by atoms with Crippen LogP contribution in [-0.4, -0.2) is 36.0 Å². The quantitative estimate of drug-likeness (QED) is 0.445. The molecule has 1 aromatic rings. The molecule has 0 atom stereocenters. The van der Waals surface area contributed by atoms with Crippen LogP contribution in [0, 0.1) is 17.0 Å². The summed E-state index contributed by atoms with van der Waals surface area (Å²) in [6, 6.07) is 5.27. The van der Waals surface area contributed by atoms with Crippen LogP contribution in [0.3, 0.4) is 0 Å². The minimum atomic E-state index is -0.340. The molecule has 0 saturated heterocycles. The van der Waals surface area contributed by atoms with E-state index in [1.165, 1.54) is 0 Å². The molecule has 19 heavy (non-hydrogen) atoms. The molecular formula is C14H23N3O2. The van der Waals surface area contributed by atoms with Crippen molar-refractivity contribution in [1.82, 2.24) is 10.2 Å². The lowest BCUT2D eigenvalue weighted by Gasteiger charge is -2.18. The van der Waals surface area contributed by atoms with E-state index in [1.807, 2.05) is 12.1 Å². The number of nitrogens with one attached hydrogen (secondary N) is 1. The van der Waals surface area contributed by atoms with E-state index in [0.717, 1.165) is 38.3 Å². The Bertz CT molecular complexity index is 417. The Morgan fingerprint density at radius 3 is 2.53 bits per heavy atom. The molecule has 0 unspecified atom stereocenters. The lowest BCUT2D eigenvalue weighted by Crippen LogP contribution is -2.31. The molecule has 1 aromatic carbocycles. The molecule has 0 radical (unpaired) electrons. The third kappa shape index (κ3) is 4.96. The zero-order chi connectivity index (χ0) is 14.3. The maximum atomic E-state index is 10.7. The number of benzene rings is 1. The number of likely N-dealkylation sites (N-methyl/N-ethyl adjacent to an activating group) is 1. The van der Waals surface area contributed by atoms with Crippen LogP contribution in [0.1, 0.15) is 25.0 Å². The molecular weight excluding hydrogens is 242 g/mol. The summed E-state index contributed by atoms with van der Waals surface area (Å²) in [6.07, 6.45) is 0. The Morgan fingerprint density at radius 1 is 1.32 bits per heavy atom. The standard InChI is InChI=1S/C14H23N3O2/c1-4-16(5-2)9-8-15-11-13-6-7-14(17(18)19)12(3)10-13/h6-7,10,15H,4-5,8-9,11H2,1-3H3. The van der Waals surface area contributed by atoms with Crippen molar-refractivity contribution >= 4 is 5.69 Å². The first-order valence-corrected chi connectivity index (χ1v) is 6.75. The normalized spacial score (nSPS) is 10.9. The molecule has 0 bridgehead atoms. The summed E-state index contributed by atoms with van der Waals surface area (Å²) in [5, 5.41) is 14.1. The fourth-order valence-corrected chi connectivity index (χ4v) is 2.04. The minimum absolute atomic E-state index is 0.187. The molecule has 5 heteroatoms. The van der Waals surface area contributed by atoms with Crippen molar-refractivity contribution < 1.29 is 4.92 Å². The molecule has 1 rings (SSSR count). The Hall–Kier alpha value is -1.46. The van der Waals surface area contributed by atoms with Crippen LogP contribution in [0.25, 0.3) is 0 Å². The third-order valence-corrected chi connectivity index (χ3v) is 3.29. The highest BCUT2D eigenvalue weighted by molar-refractivity contribution is 5.41. The van der Waals surface area contributed by atoms with Gasteiger partial charge in [0.15, 0.2) is 0 Å². The van der Waals surface area contributed by atoms with E-state index in [2.05, 4.69) is 24.1 Å². The highest BCUT2D eigenvalue weighted by Gasteiger charge is 2.09. The van der Waals surface area contributed by atoms with Crippen molar-refractivity contribution in [2.45, 2.75) is 27.3 Å². The van der Waals surface area contributed by atoms with Crippen molar-refractivity contribution in [1.29, 1.82) is 0 Å². The van der Waals surface area contributed by atoms with E-state index in [-0.39, 0.29) is 10.6 Å². The van der Waals surface area contributed by atoms with E-state index in [0.29, 0.717) is 5.56 Å². The van der Waals surface area contributed by atoms with Gasteiger partial charge in [-0.05, 0) is 31.6 Å². The lowest BCUT2D eigenvalue weighted by atomic mass is 10.1. The minimum Gasteiger partial charge on any atom is -0.311 e. The van der Waals surface area contributed by atoms with Gasteiger partial charge in [0.25, 0.3) is 5.69 Å². The summed E-state index contributed by atoms with van der Waals surface area (Å²) in [7, 11) is 0. The summed E-state index contributed by atoms with van der Waals surface area (Å²) in [4.78, 5) is 12.7. The van der Waals surface area contributed by atoms with E-state index in [4.69, 9.17) is 0 Å². The molecule has 0 amide bonds. The number of hydrogen-bond acceptors (Lipinski definition) is 4. The van der Waals surface area contributed by atoms with Gasteiger partial charge in [-0.1, -0.05) is 19.9 Å². The SMILES string of the molecule is CCN(CC)CCNCc1ccc([N+](=O)[O-])c(C)c1. The smallest absolute Gasteiger partial charge is 0.272 e. The largest absolute Gasteiger partial charge is 0.311 e. The molecule has 0 spiro atoms. The highest BCUT2D eigenvalue weighted by Crippen LogP contribution is 2.18. The number of aryl methyl sites for hydroxylation is 1. The zero-order valence-corrected chi connectivity index (χ0v) is 12.0. The number of rotatable bonds is 8. The molecule has 1 N–H and O–H groups in total. The first kappa shape index (κ1) is 15.6. The Morgan fingerprint density at radius 2 is 2.00 bits per heavy atom. The van der Waals surface area contributed by atoms with Crippen LogP contribution in [0.15, 0.2) is 18.2 Å². The summed E-state index contributed by atoms with van der Waals surface area (Å²) < 4.78 is 0. The molecule has 0 aromatic heterocycles. The van der Waals surface area contributed by atoms with E-state index < -0.39 is 0 Å². The third-order valence-electron chi connectivity index (χ3n) is 3.29. The number of hydrogen-bond donors (Lipinski definition) is 1. The second-order valence-electron chi connectivity index (χ2n) is 4.58. The van der Waals surface area contributed by atoms with Crippen molar-refractivity contribution in [3.05, 3.63) is 39.4 Å². The van der Waals surface area contributed by atoms with Gasteiger partial charge in [0.1, 0.15) is 0 Å². The number of nitro benzene ring substituents is 1. The van der Waals surface area contributed by atoms with Crippen molar-refractivity contribution in [3.63, 3.8) is 0 Å². The number of nitro groups is 1. The topological polar surface area (TPSA) is 58.4 Å². The first-order valence-electron chi connectivity index (χ1n) is 6.75.